The quantitative estimate of drug-likeness (QED) is 0.322. The zero-order chi connectivity index (χ0) is 25.7. The van der Waals surface area contributed by atoms with Gasteiger partial charge in [0.1, 0.15) is 11.5 Å². The van der Waals surface area contributed by atoms with Gasteiger partial charge in [-0.2, -0.15) is 0 Å². The maximum atomic E-state index is 13.3. The first-order chi connectivity index (χ1) is 17.5. The molecule has 2 fully saturated rings. The number of nitrogens with zero attached hydrogens (tertiary/aromatic N) is 2. The Morgan fingerprint density at radius 1 is 0.972 bits per heavy atom. The third kappa shape index (κ3) is 5.17. The molecular formula is C27H32N2O7. The molecule has 9 heteroatoms. The predicted molar refractivity (Wildman–Crippen MR) is 133 cm³/mol. The first kappa shape index (κ1) is 25.5. The van der Waals surface area contributed by atoms with Gasteiger partial charge in [0.15, 0.2) is 11.5 Å². The van der Waals surface area contributed by atoms with Crippen LogP contribution in [0.4, 0.5) is 0 Å². The summed E-state index contributed by atoms with van der Waals surface area (Å²) in [7, 11) is 4.59. The first-order valence-electron chi connectivity index (χ1n) is 11.9. The summed E-state index contributed by atoms with van der Waals surface area (Å²) >= 11 is 0. The van der Waals surface area contributed by atoms with E-state index in [0.717, 1.165) is 19.6 Å². The van der Waals surface area contributed by atoms with Gasteiger partial charge >= 0.3 is 0 Å². The van der Waals surface area contributed by atoms with E-state index in [1.807, 2.05) is 0 Å². The Morgan fingerprint density at radius 3 is 2.42 bits per heavy atom. The molecule has 2 aliphatic heterocycles. The minimum absolute atomic E-state index is 0.0341. The Bertz CT molecular complexity index is 1140. The second-order valence-electron chi connectivity index (χ2n) is 8.65. The highest BCUT2D eigenvalue weighted by atomic mass is 16.5. The Kier molecular flexibility index (Phi) is 8.12. The summed E-state index contributed by atoms with van der Waals surface area (Å²) in [5, 5.41) is 11.3. The monoisotopic (exact) mass is 496 g/mol. The number of rotatable bonds is 9. The fraction of sp³-hybridized carbons (Fsp3) is 0.407. The molecule has 0 aliphatic carbocycles. The van der Waals surface area contributed by atoms with E-state index in [4.69, 9.17) is 18.9 Å². The maximum absolute atomic E-state index is 13.3. The van der Waals surface area contributed by atoms with Crippen LogP contribution >= 0.6 is 0 Å². The van der Waals surface area contributed by atoms with Crippen molar-refractivity contribution in [2.45, 2.75) is 12.5 Å². The van der Waals surface area contributed by atoms with E-state index in [1.54, 1.807) is 42.5 Å². The number of carbonyl (C=O) groups excluding carboxylic acids is 2. The summed E-state index contributed by atoms with van der Waals surface area (Å²) in [6.45, 7) is 4.20. The number of ether oxygens (including phenoxy) is 4. The Labute approximate surface area is 210 Å². The van der Waals surface area contributed by atoms with E-state index in [1.165, 1.54) is 26.2 Å². The molecule has 36 heavy (non-hydrogen) atoms. The fourth-order valence-corrected chi connectivity index (χ4v) is 4.70. The number of hydrogen-bond acceptors (Lipinski definition) is 8. The highest BCUT2D eigenvalue weighted by Crippen LogP contribution is 2.42. The second-order valence-corrected chi connectivity index (χ2v) is 8.65. The van der Waals surface area contributed by atoms with Gasteiger partial charge in [-0.05, 0) is 36.2 Å². The summed E-state index contributed by atoms with van der Waals surface area (Å²) in [5.74, 6) is -0.0829. The average molecular weight is 497 g/mol. The van der Waals surface area contributed by atoms with Crippen LogP contribution < -0.4 is 14.2 Å². The molecule has 2 aromatic carbocycles. The molecule has 1 amide bonds. The number of benzene rings is 2. The number of likely N-dealkylation sites (tertiary alicyclic amines) is 1. The Morgan fingerprint density at radius 2 is 1.72 bits per heavy atom. The van der Waals surface area contributed by atoms with Gasteiger partial charge in [-0.3, -0.25) is 14.5 Å². The van der Waals surface area contributed by atoms with Crippen molar-refractivity contribution in [3.63, 3.8) is 0 Å². The third-order valence-electron chi connectivity index (χ3n) is 6.58. The van der Waals surface area contributed by atoms with Gasteiger partial charge in [-0.25, -0.2) is 0 Å². The number of aliphatic hydroxyl groups is 1. The van der Waals surface area contributed by atoms with Crippen molar-refractivity contribution in [3.05, 3.63) is 59.2 Å². The highest BCUT2D eigenvalue weighted by molar-refractivity contribution is 6.46. The van der Waals surface area contributed by atoms with Crippen LogP contribution in [0.1, 0.15) is 23.6 Å². The topological polar surface area (TPSA) is 97.8 Å². The molecule has 1 atom stereocenters. The van der Waals surface area contributed by atoms with Gasteiger partial charge in [0.05, 0.1) is 46.2 Å². The Hall–Kier alpha value is -3.56. The van der Waals surface area contributed by atoms with Gasteiger partial charge in [0, 0.05) is 31.7 Å². The molecule has 0 unspecified atom stereocenters. The van der Waals surface area contributed by atoms with E-state index < -0.39 is 17.7 Å². The van der Waals surface area contributed by atoms with Crippen LogP contribution in [0.5, 0.6) is 17.2 Å². The van der Waals surface area contributed by atoms with Gasteiger partial charge in [0.2, 0.25) is 0 Å². The normalized spacial score (nSPS) is 20.0. The minimum Gasteiger partial charge on any atom is -0.507 e. The largest absolute Gasteiger partial charge is 0.507 e. The van der Waals surface area contributed by atoms with Gasteiger partial charge in [-0.1, -0.05) is 18.2 Å². The number of morpholine rings is 1. The predicted octanol–water partition coefficient (Wildman–Crippen LogP) is 2.86. The summed E-state index contributed by atoms with van der Waals surface area (Å²) in [5.41, 5.74) is 1.07. The second kappa shape index (κ2) is 11.5. The van der Waals surface area contributed by atoms with Crippen LogP contribution in [0, 0.1) is 0 Å². The molecule has 0 bridgehead atoms. The molecule has 0 aromatic heterocycles. The molecule has 0 radical (unpaired) electrons. The minimum atomic E-state index is -0.777. The van der Waals surface area contributed by atoms with E-state index in [-0.39, 0.29) is 11.3 Å². The molecule has 9 nitrogen and oxygen atoms in total. The SMILES string of the molecule is COc1cccc(C(O)=C2C(=O)C(=O)N(CCCN3CCOCC3)[C@H]2c2ccc(OC)c(OC)c2)c1. The first-order valence-corrected chi connectivity index (χ1v) is 11.9. The molecule has 2 aliphatic rings. The molecule has 2 saturated heterocycles. The van der Waals surface area contributed by atoms with Gasteiger partial charge in [-0.15, -0.1) is 0 Å². The van der Waals surface area contributed by atoms with Crippen LogP contribution in [-0.4, -0.2) is 87.3 Å². The van der Waals surface area contributed by atoms with Gasteiger partial charge < -0.3 is 29.0 Å². The molecular weight excluding hydrogens is 464 g/mol. The lowest BCUT2D eigenvalue weighted by atomic mass is 9.95. The van der Waals surface area contributed by atoms with Crippen molar-refractivity contribution < 1.29 is 33.6 Å². The lowest BCUT2D eigenvalue weighted by Crippen LogP contribution is -2.38. The molecule has 2 heterocycles. The number of aliphatic hydroxyl groups excluding tert-OH is 1. The molecule has 4 rings (SSSR count). The number of methoxy groups -OCH3 is 3. The summed E-state index contributed by atoms with van der Waals surface area (Å²) in [4.78, 5) is 30.3. The molecule has 192 valence electrons. The number of hydrogen-bond donors (Lipinski definition) is 1. The van der Waals surface area contributed by atoms with Crippen molar-refractivity contribution in [1.29, 1.82) is 0 Å². The molecule has 0 spiro atoms. The molecule has 1 N–H and O–H groups in total. The Balaban J connectivity index is 1.73. The summed E-state index contributed by atoms with van der Waals surface area (Å²) in [6.07, 6.45) is 0.677. The van der Waals surface area contributed by atoms with Crippen LogP contribution in [0.3, 0.4) is 0 Å². The molecule has 0 saturated carbocycles. The number of amides is 1. The van der Waals surface area contributed by atoms with E-state index >= 15 is 0 Å². The molecule has 2 aromatic rings. The van der Waals surface area contributed by atoms with Crippen molar-refractivity contribution in [2.75, 3.05) is 60.7 Å². The smallest absolute Gasteiger partial charge is 0.295 e. The van der Waals surface area contributed by atoms with Crippen molar-refractivity contribution in [1.82, 2.24) is 9.80 Å². The van der Waals surface area contributed by atoms with Crippen molar-refractivity contribution in [3.8, 4) is 17.2 Å². The van der Waals surface area contributed by atoms with Crippen LogP contribution in [0.2, 0.25) is 0 Å². The van der Waals surface area contributed by atoms with E-state index in [0.29, 0.717) is 54.6 Å². The lowest BCUT2D eigenvalue weighted by Gasteiger charge is -2.29. The fourth-order valence-electron chi connectivity index (χ4n) is 4.70. The van der Waals surface area contributed by atoms with E-state index in [2.05, 4.69) is 4.90 Å². The number of Topliss-reactive ketones (excluding diaryl/α,β-unsaturated/α-hetero) is 1. The van der Waals surface area contributed by atoms with Crippen LogP contribution in [-0.2, 0) is 14.3 Å². The van der Waals surface area contributed by atoms with Crippen molar-refractivity contribution >= 4 is 17.4 Å². The number of ketones is 1. The van der Waals surface area contributed by atoms with Gasteiger partial charge in [0.25, 0.3) is 11.7 Å². The maximum Gasteiger partial charge on any atom is 0.295 e. The number of carbonyl (C=O) groups is 2. The van der Waals surface area contributed by atoms with E-state index in [9.17, 15) is 14.7 Å². The van der Waals surface area contributed by atoms with Crippen molar-refractivity contribution in [2.24, 2.45) is 0 Å². The lowest BCUT2D eigenvalue weighted by molar-refractivity contribution is -0.140. The van der Waals surface area contributed by atoms with Crippen LogP contribution in [0.25, 0.3) is 5.76 Å². The summed E-state index contributed by atoms with van der Waals surface area (Å²) < 4.78 is 21.5. The van der Waals surface area contributed by atoms with Crippen LogP contribution in [0.15, 0.2) is 48.0 Å². The highest BCUT2D eigenvalue weighted by Gasteiger charge is 2.46. The third-order valence-corrected chi connectivity index (χ3v) is 6.58. The zero-order valence-corrected chi connectivity index (χ0v) is 20.9. The average Bonchev–Trinajstić information content (AvgIpc) is 3.17. The zero-order valence-electron chi connectivity index (χ0n) is 20.9. The summed E-state index contributed by atoms with van der Waals surface area (Å²) in [6, 6.07) is 11.2. The standard InChI is InChI=1S/C27H32N2O7/c1-33-20-7-4-6-19(16-20)25(30)23-24(18-8-9-21(34-2)22(17-18)35-3)29(27(32)26(23)31)11-5-10-28-12-14-36-15-13-28/h4,6-9,16-17,24,30H,5,10-15H2,1-3H3/t24-/m0/s1.